The van der Waals surface area contributed by atoms with Crippen molar-refractivity contribution >= 4 is 29.3 Å². The molecule has 0 aliphatic rings. The molecular weight excluding hydrogens is 382 g/mol. The van der Waals surface area contributed by atoms with E-state index >= 15 is 0 Å². The van der Waals surface area contributed by atoms with E-state index in [-0.39, 0.29) is 23.4 Å². The third kappa shape index (κ3) is 11.3. The SMILES string of the molecule is CCCCCCC(C(=O)NC(C)(C)C)N(C)CCSc1ccc(NC(C)=O)cc1. The Bertz CT molecular complexity index is 626. The van der Waals surface area contributed by atoms with Crippen LogP contribution in [0.25, 0.3) is 0 Å². The number of benzene rings is 1. The third-order valence-electron chi connectivity index (χ3n) is 4.55. The standard InChI is InChI=1S/C23H39N3O2S/c1-7-8-9-10-11-21(22(28)25-23(3,4)5)26(6)16-17-29-20-14-12-19(13-15-20)24-18(2)27/h12-15,21H,7-11,16-17H2,1-6H3,(H,24,27)(H,25,28). The molecule has 0 spiro atoms. The van der Waals surface area contributed by atoms with Crippen molar-refractivity contribution in [3.8, 4) is 0 Å². The lowest BCUT2D eigenvalue weighted by atomic mass is 10.0. The summed E-state index contributed by atoms with van der Waals surface area (Å²) in [6.45, 7) is 10.6. The number of hydrogen-bond donors (Lipinski definition) is 2. The molecule has 1 atom stereocenters. The van der Waals surface area contributed by atoms with Crippen molar-refractivity contribution in [2.45, 2.75) is 83.2 Å². The molecule has 1 rings (SSSR count). The number of nitrogens with one attached hydrogen (secondary N) is 2. The molecule has 1 unspecified atom stereocenters. The summed E-state index contributed by atoms with van der Waals surface area (Å²) in [6.07, 6.45) is 5.58. The highest BCUT2D eigenvalue weighted by molar-refractivity contribution is 7.99. The maximum Gasteiger partial charge on any atom is 0.237 e. The van der Waals surface area contributed by atoms with Crippen LogP contribution >= 0.6 is 11.8 Å². The summed E-state index contributed by atoms with van der Waals surface area (Å²) >= 11 is 1.76. The normalized spacial score (nSPS) is 12.7. The summed E-state index contributed by atoms with van der Waals surface area (Å²) in [5, 5.41) is 5.93. The molecule has 2 N–H and O–H groups in total. The molecule has 0 saturated heterocycles. The Kier molecular flexibility index (Phi) is 11.4. The van der Waals surface area contributed by atoms with Gasteiger partial charge < -0.3 is 10.6 Å². The van der Waals surface area contributed by atoms with Crippen molar-refractivity contribution in [3.05, 3.63) is 24.3 Å². The average Bonchev–Trinajstić information content (AvgIpc) is 2.61. The highest BCUT2D eigenvalue weighted by Crippen LogP contribution is 2.21. The van der Waals surface area contributed by atoms with Crippen LogP contribution in [0.1, 0.15) is 66.7 Å². The van der Waals surface area contributed by atoms with E-state index in [0.29, 0.717) is 0 Å². The van der Waals surface area contributed by atoms with Gasteiger partial charge in [0, 0.05) is 35.3 Å². The zero-order valence-corrected chi connectivity index (χ0v) is 19.8. The van der Waals surface area contributed by atoms with Gasteiger partial charge in [-0.15, -0.1) is 11.8 Å². The lowest BCUT2D eigenvalue weighted by Gasteiger charge is -2.30. The predicted molar refractivity (Wildman–Crippen MR) is 125 cm³/mol. The van der Waals surface area contributed by atoms with E-state index in [1.807, 2.05) is 52.1 Å². The van der Waals surface area contributed by atoms with Crippen LogP contribution in [0.3, 0.4) is 0 Å². The van der Waals surface area contributed by atoms with Crippen LogP contribution in [0, 0.1) is 0 Å². The molecule has 0 aliphatic carbocycles. The van der Waals surface area contributed by atoms with Gasteiger partial charge >= 0.3 is 0 Å². The van der Waals surface area contributed by atoms with E-state index in [9.17, 15) is 9.59 Å². The Labute approximate surface area is 181 Å². The van der Waals surface area contributed by atoms with E-state index in [4.69, 9.17) is 0 Å². The molecule has 0 bridgehead atoms. The van der Waals surface area contributed by atoms with Gasteiger partial charge in [-0.3, -0.25) is 14.5 Å². The van der Waals surface area contributed by atoms with Crippen LogP contribution in [0.4, 0.5) is 5.69 Å². The van der Waals surface area contributed by atoms with Crippen molar-refractivity contribution in [2.75, 3.05) is 24.7 Å². The molecule has 0 aliphatic heterocycles. The van der Waals surface area contributed by atoms with Crippen LogP contribution in [0.15, 0.2) is 29.2 Å². The number of carbonyl (C=O) groups excluding carboxylic acids is 2. The van der Waals surface area contributed by atoms with Crippen molar-refractivity contribution in [3.63, 3.8) is 0 Å². The summed E-state index contributed by atoms with van der Waals surface area (Å²) in [4.78, 5) is 27.3. The Balaban J connectivity index is 2.57. The maximum atomic E-state index is 12.8. The van der Waals surface area contributed by atoms with E-state index in [0.717, 1.165) is 35.7 Å². The minimum Gasteiger partial charge on any atom is -0.350 e. The van der Waals surface area contributed by atoms with Gasteiger partial charge in [0.25, 0.3) is 0 Å². The maximum absolute atomic E-state index is 12.8. The van der Waals surface area contributed by atoms with Crippen molar-refractivity contribution in [1.29, 1.82) is 0 Å². The lowest BCUT2D eigenvalue weighted by molar-refractivity contribution is -0.127. The highest BCUT2D eigenvalue weighted by atomic mass is 32.2. The van der Waals surface area contributed by atoms with E-state index in [2.05, 4.69) is 22.5 Å². The van der Waals surface area contributed by atoms with Crippen molar-refractivity contribution in [2.24, 2.45) is 0 Å². The summed E-state index contributed by atoms with van der Waals surface area (Å²) in [5.74, 6) is 0.969. The fourth-order valence-electron chi connectivity index (χ4n) is 3.07. The number of likely N-dealkylation sites (N-methyl/N-ethyl adjacent to an activating group) is 1. The van der Waals surface area contributed by atoms with Gasteiger partial charge in [0.15, 0.2) is 0 Å². The van der Waals surface area contributed by atoms with Gasteiger partial charge in [-0.05, 0) is 58.5 Å². The number of rotatable bonds is 12. The van der Waals surface area contributed by atoms with Crippen LogP contribution in [-0.2, 0) is 9.59 Å². The molecule has 0 fully saturated rings. The Morgan fingerprint density at radius 1 is 1.10 bits per heavy atom. The molecule has 1 aromatic rings. The van der Waals surface area contributed by atoms with Gasteiger partial charge in [-0.25, -0.2) is 0 Å². The molecule has 5 nitrogen and oxygen atoms in total. The zero-order chi connectivity index (χ0) is 21.9. The van der Waals surface area contributed by atoms with Crippen LogP contribution in [0.5, 0.6) is 0 Å². The van der Waals surface area contributed by atoms with Crippen molar-refractivity contribution < 1.29 is 9.59 Å². The molecule has 2 amide bonds. The number of hydrogen-bond acceptors (Lipinski definition) is 4. The second kappa shape index (κ2) is 12.9. The molecule has 1 aromatic carbocycles. The average molecular weight is 422 g/mol. The van der Waals surface area contributed by atoms with E-state index in [1.165, 1.54) is 26.2 Å². The summed E-state index contributed by atoms with van der Waals surface area (Å²) in [6, 6.07) is 7.78. The van der Waals surface area contributed by atoms with Gasteiger partial charge in [0.2, 0.25) is 11.8 Å². The fourth-order valence-corrected chi connectivity index (χ4v) is 4.01. The first-order valence-electron chi connectivity index (χ1n) is 10.6. The number of nitrogens with zero attached hydrogens (tertiary/aromatic N) is 1. The third-order valence-corrected chi connectivity index (χ3v) is 5.54. The molecule has 164 valence electrons. The van der Waals surface area contributed by atoms with Crippen molar-refractivity contribution in [1.82, 2.24) is 10.2 Å². The minimum atomic E-state index is -0.218. The van der Waals surface area contributed by atoms with Crippen LogP contribution in [-0.4, -0.2) is 47.6 Å². The summed E-state index contributed by atoms with van der Waals surface area (Å²) < 4.78 is 0. The largest absolute Gasteiger partial charge is 0.350 e. The fraction of sp³-hybridized carbons (Fsp3) is 0.652. The Morgan fingerprint density at radius 3 is 2.31 bits per heavy atom. The number of anilines is 1. The monoisotopic (exact) mass is 421 g/mol. The molecule has 6 heteroatoms. The van der Waals surface area contributed by atoms with Crippen LogP contribution < -0.4 is 10.6 Å². The molecular formula is C23H39N3O2S. The van der Waals surface area contributed by atoms with Crippen LogP contribution in [0.2, 0.25) is 0 Å². The van der Waals surface area contributed by atoms with Gasteiger partial charge in [-0.1, -0.05) is 32.6 Å². The number of amides is 2. The molecule has 0 aromatic heterocycles. The number of thioether (sulfide) groups is 1. The number of carbonyl (C=O) groups is 2. The Morgan fingerprint density at radius 2 is 1.76 bits per heavy atom. The molecule has 0 saturated carbocycles. The van der Waals surface area contributed by atoms with E-state index in [1.54, 1.807) is 11.8 Å². The smallest absolute Gasteiger partial charge is 0.237 e. The topological polar surface area (TPSA) is 61.4 Å². The predicted octanol–water partition coefficient (Wildman–Crippen LogP) is 4.92. The number of unbranched alkanes of at least 4 members (excludes halogenated alkanes) is 3. The summed E-state index contributed by atoms with van der Waals surface area (Å²) in [5.41, 5.74) is 0.592. The quantitative estimate of drug-likeness (QED) is 0.371. The van der Waals surface area contributed by atoms with Gasteiger partial charge in [0.05, 0.1) is 6.04 Å². The second-order valence-corrected chi connectivity index (χ2v) is 9.81. The first kappa shape index (κ1) is 25.5. The molecule has 0 radical (unpaired) electrons. The minimum absolute atomic E-state index is 0.0643. The first-order valence-corrected chi connectivity index (χ1v) is 11.6. The summed E-state index contributed by atoms with van der Waals surface area (Å²) in [7, 11) is 2.05. The van der Waals surface area contributed by atoms with E-state index < -0.39 is 0 Å². The van der Waals surface area contributed by atoms with Gasteiger partial charge in [0.1, 0.15) is 0 Å². The van der Waals surface area contributed by atoms with Gasteiger partial charge in [-0.2, -0.15) is 0 Å². The Hall–Kier alpha value is -1.53. The molecule has 29 heavy (non-hydrogen) atoms. The first-order chi connectivity index (χ1) is 13.6. The zero-order valence-electron chi connectivity index (χ0n) is 19.0. The second-order valence-electron chi connectivity index (χ2n) is 8.64. The lowest BCUT2D eigenvalue weighted by Crippen LogP contribution is -2.51. The molecule has 0 heterocycles. The highest BCUT2D eigenvalue weighted by Gasteiger charge is 2.25.